The van der Waals surface area contributed by atoms with Crippen LogP contribution in [0.2, 0.25) is 0 Å². The summed E-state index contributed by atoms with van der Waals surface area (Å²) in [4.78, 5) is 28.5. The quantitative estimate of drug-likeness (QED) is 0.260. The minimum absolute atomic E-state index is 0.0264. The number of hydrogen-bond donors (Lipinski definition) is 1. The molecule has 0 saturated heterocycles. The highest BCUT2D eigenvalue weighted by molar-refractivity contribution is 8.16. The first-order chi connectivity index (χ1) is 16.5. The summed E-state index contributed by atoms with van der Waals surface area (Å²) in [5.41, 5.74) is -0.249. The molecule has 12 nitrogen and oxygen atoms in total. The Morgan fingerprint density at radius 3 is 2.71 bits per heavy atom. The molecule has 182 valence electrons. The van der Waals surface area contributed by atoms with Crippen LogP contribution in [0, 0.1) is 15.5 Å². The van der Waals surface area contributed by atoms with Crippen molar-refractivity contribution in [3.8, 4) is 17.1 Å². The zero-order valence-corrected chi connectivity index (χ0v) is 20.3. The number of ether oxygens (including phenoxy) is 1. The highest BCUT2D eigenvalue weighted by atomic mass is 32.2. The van der Waals surface area contributed by atoms with Crippen LogP contribution in [0.25, 0.3) is 17.4 Å². The van der Waals surface area contributed by atoms with E-state index in [4.69, 9.17) is 14.6 Å². The van der Waals surface area contributed by atoms with Gasteiger partial charge in [-0.05, 0) is 51.1 Å². The third-order valence-corrected chi connectivity index (χ3v) is 7.87. The SMILES string of the molecule is CCOc1ccc(-c2ccc(C=C3C(=N)N4C(=NC3=O)SN=C4S(=O)(=O)C(C)C)o2)c([N+](=O)[O-])c1. The minimum Gasteiger partial charge on any atom is -0.494 e. The second kappa shape index (κ2) is 9.11. The molecule has 0 bridgehead atoms. The number of nitro benzene ring substituents is 1. The van der Waals surface area contributed by atoms with Crippen molar-refractivity contribution in [1.82, 2.24) is 4.90 Å². The lowest BCUT2D eigenvalue weighted by molar-refractivity contribution is -0.384. The molecule has 35 heavy (non-hydrogen) atoms. The van der Waals surface area contributed by atoms with E-state index < -0.39 is 31.8 Å². The fourth-order valence-electron chi connectivity index (χ4n) is 3.24. The standard InChI is InChI=1S/C21H19N5O7S2/c1-4-32-12-5-7-14(16(10-12)26(28)29)17-8-6-13(33-17)9-15-18(22)25-20(23-19(15)27)34-24-21(25)35(30,31)11(2)3/h5-11,22H,4H2,1-3H3. The molecule has 1 N–H and O–H groups in total. The molecule has 2 aliphatic heterocycles. The number of rotatable bonds is 6. The number of carbonyl (C=O) groups is 1. The predicted molar refractivity (Wildman–Crippen MR) is 131 cm³/mol. The molecule has 0 radical (unpaired) electrons. The molecule has 2 aromatic rings. The first kappa shape index (κ1) is 24.3. The fourth-order valence-corrected chi connectivity index (χ4v) is 5.30. The summed E-state index contributed by atoms with van der Waals surface area (Å²) in [6.45, 7) is 5.08. The molecular formula is C21H19N5O7S2. The van der Waals surface area contributed by atoms with Gasteiger partial charge in [-0.25, -0.2) is 13.3 Å². The number of hydrogen-bond acceptors (Lipinski definition) is 10. The summed E-state index contributed by atoms with van der Waals surface area (Å²) in [5.74, 6) is -0.571. The van der Waals surface area contributed by atoms with Crippen molar-refractivity contribution in [3.63, 3.8) is 0 Å². The van der Waals surface area contributed by atoms with Crippen molar-refractivity contribution in [3.05, 3.63) is 51.8 Å². The number of nitro groups is 1. The number of amides is 1. The van der Waals surface area contributed by atoms with Gasteiger partial charge in [-0.3, -0.25) is 20.3 Å². The number of carbonyl (C=O) groups excluding carboxylic acids is 1. The molecule has 4 rings (SSSR count). The maximum absolute atomic E-state index is 12.7. The van der Waals surface area contributed by atoms with Crippen molar-refractivity contribution in [1.29, 1.82) is 5.41 Å². The second-order valence-electron chi connectivity index (χ2n) is 7.57. The Hall–Kier alpha value is -3.78. The average Bonchev–Trinajstić information content (AvgIpc) is 3.44. The van der Waals surface area contributed by atoms with Gasteiger partial charge in [0.2, 0.25) is 20.2 Å². The van der Waals surface area contributed by atoms with Crippen LogP contribution in [0.1, 0.15) is 26.5 Å². The summed E-state index contributed by atoms with van der Waals surface area (Å²) < 4.78 is 40.3. The van der Waals surface area contributed by atoms with Crippen molar-refractivity contribution in [2.24, 2.45) is 9.39 Å². The van der Waals surface area contributed by atoms with Gasteiger partial charge in [0.25, 0.3) is 11.6 Å². The zero-order chi connectivity index (χ0) is 25.5. The first-order valence-electron chi connectivity index (χ1n) is 10.3. The van der Waals surface area contributed by atoms with Crippen LogP contribution >= 0.6 is 11.9 Å². The third kappa shape index (κ3) is 4.37. The summed E-state index contributed by atoms with van der Waals surface area (Å²) in [7, 11) is -3.85. The van der Waals surface area contributed by atoms with E-state index in [0.717, 1.165) is 4.90 Å². The van der Waals surface area contributed by atoms with Crippen LogP contribution in [0.4, 0.5) is 5.69 Å². The van der Waals surface area contributed by atoms with Gasteiger partial charge in [-0.1, -0.05) is 0 Å². The molecule has 0 saturated carbocycles. The van der Waals surface area contributed by atoms with Crippen LogP contribution in [0.15, 0.2) is 49.7 Å². The van der Waals surface area contributed by atoms with Crippen molar-refractivity contribution in [2.75, 3.05) is 6.61 Å². The highest BCUT2D eigenvalue weighted by Crippen LogP contribution is 2.35. The number of sulfone groups is 1. The van der Waals surface area contributed by atoms with E-state index in [2.05, 4.69) is 9.39 Å². The monoisotopic (exact) mass is 517 g/mol. The van der Waals surface area contributed by atoms with Crippen LogP contribution in [0.3, 0.4) is 0 Å². The van der Waals surface area contributed by atoms with Crippen LogP contribution < -0.4 is 4.74 Å². The molecule has 0 unspecified atom stereocenters. The maximum atomic E-state index is 12.7. The Morgan fingerprint density at radius 1 is 1.31 bits per heavy atom. The highest BCUT2D eigenvalue weighted by Gasteiger charge is 2.43. The molecule has 0 atom stereocenters. The van der Waals surface area contributed by atoms with Gasteiger partial charge in [0.1, 0.15) is 23.1 Å². The van der Waals surface area contributed by atoms with Crippen molar-refractivity contribution in [2.45, 2.75) is 26.0 Å². The molecular weight excluding hydrogens is 498 g/mol. The lowest BCUT2D eigenvalue weighted by atomic mass is 10.1. The summed E-state index contributed by atoms with van der Waals surface area (Å²) in [6, 6.07) is 7.31. The largest absolute Gasteiger partial charge is 0.494 e. The number of furan rings is 1. The number of aliphatic imine (C=N–C) groups is 1. The Kier molecular flexibility index (Phi) is 6.34. The summed E-state index contributed by atoms with van der Waals surface area (Å²) in [5, 5.41) is 18.9. The van der Waals surface area contributed by atoms with E-state index in [1.54, 1.807) is 13.0 Å². The van der Waals surface area contributed by atoms with Crippen LogP contribution in [-0.4, -0.2) is 52.2 Å². The molecule has 1 amide bonds. The smallest absolute Gasteiger partial charge is 0.284 e. The lowest BCUT2D eigenvalue weighted by Crippen LogP contribution is -2.46. The van der Waals surface area contributed by atoms with E-state index in [9.17, 15) is 23.3 Å². The third-order valence-electron chi connectivity index (χ3n) is 5.03. The summed E-state index contributed by atoms with van der Waals surface area (Å²) in [6.07, 6.45) is 1.23. The zero-order valence-electron chi connectivity index (χ0n) is 18.7. The van der Waals surface area contributed by atoms with Gasteiger partial charge in [0, 0.05) is 0 Å². The van der Waals surface area contributed by atoms with E-state index in [1.807, 2.05) is 0 Å². The van der Waals surface area contributed by atoms with Crippen LogP contribution in [-0.2, 0) is 14.6 Å². The number of nitrogens with zero attached hydrogens (tertiary/aromatic N) is 4. The average molecular weight is 518 g/mol. The molecule has 0 spiro atoms. The van der Waals surface area contributed by atoms with Gasteiger partial charge in [0.05, 0.1) is 45.9 Å². The number of fused-ring (bicyclic) bond motifs is 1. The van der Waals surface area contributed by atoms with Crippen LogP contribution in [0.5, 0.6) is 5.75 Å². The van der Waals surface area contributed by atoms with Gasteiger partial charge in [-0.15, -0.1) is 0 Å². The molecule has 2 aliphatic rings. The second-order valence-corrected chi connectivity index (χ2v) is 10.7. The van der Waals surface area contributed by atoms with Gasteiger partial charge < -0.3 is 9.15 Å². The van der Waals surface area contributed by atoms with E-state index in [-0.39, 0.29) is 38.7 Å². The summed E-state index contributed by atoms with van der Waals surface area (Å²) >= 11 is 0.703. The topological polar surface area (TPSA) is 169 Å². The van der Waals surface area contributed by atoms with Crippen molar-refractivity contribution < 1.29 is 27.3 Å². The Labute approximate surface area is 204 Å². The number of nitrogens with one attached hydrogen (secondary N) is 1. The Morgan fingerprint density at radius 2 is 2.06 bits per heavy atom. The molecule has 3 heterocycles. The van der Waals surface area contributed by atoms with Gasteiger partial charge in [0.15, 0.2) is 0 Å². The van der Waals surface area contributed by atoms with E-state index in [0.29, 0.717) is 24.3 Å². The molecule has 1 aromatic heterocycles. The molecule has 0 aliphatic carbocycles. The molecule has 14 heteroatoms. The Bertz CT molecular complexity index is 1450. The normalized spacial score (nSPS) is 17.0. The van der Waals surface area contributed by atoms with E-state index in [1.165, 1.54) is 44.2 Å². The fraction of sp³-hybridized carbons (Fsp3) is 0.238. The molecule has 0 fully saturated rings. The predicted octanol–water partition coefficient (Wildman–Crippen LogP) is 3.65. The number of benzene rings is 1. The van der Waals surface area contributed by atoms with E-state index >= 15 is 0 Å². The lowest BCUT2D eigenvalue weighted by Gasteiger charge is -2.25. The van der Waals surface area contributed by atoms with Gasteiger partial charge >= 0.3 is 0 Å². The Balaban J connectivity index is 1.69. The first-order valence-corrected chi connectivity index (χ1v) is 12.6. The van der Waals surface area contributed by atoms with Crippen molar-refractivity contribution >= 4 is 55.6 Å². The maximum Gasteiger partial charge on any atom is 0.284 e. The van der Waals surface area contributed by atoms with Gasteiger partial charge in [-0.2, -0.15) is 9.39 Å². The minimum atomic E-state index is -3.85. The molecule has 1 aromatic carbocycles. The number of amidine groups is 3.